The molecule has 5 nitrogen and oxygen atoms in total. The van der Waals surface area contributed by atoms with Crippen molar-refractivity contribution in [3.8, 4) is 0 Å². The fourth-order valence-electron chi connectivity index (χ4n) is 3.49. The number of alkyl halides is 3. The predicted molar refractivity (Wildman–Crippen MR) is 101 cm³/mol. The summed E-state index contributed by atoms with van der Waals surface area (Å²) in [5.41, 5.74) is -0.405. The molecular formula is C20H24F4N4O. The first-order valence-corrected chi connectivity index (χ1v) is 9.38. The summed E-state index contributed by atoms with van der Waals surface area (Å²) in [7, 11) is 0. The highest BCUT2D eigenvalue weighted by Crippen LogP contribution is 2.34. The van der Waals surface area contributed by atoms with Crippen LogP contribution in [-0.2, 0) is 16.4 Å². The van der Waals surface area contributed by atoms with Gasteiger partial charge in [0.1, 0.15) is 5.82 Å². The van der Waals surface area contributed by atoms with E-state index in [0.29, 0.717) is 38.2 Å². The van der Waals surface area contributed by atoms with Crippen LogP contribution in [0.25, 0.3) is 0 Å². The van der Waals surface area contributed by atoms with Gasteiger partial charge in [-0.3, -0.25) is 9.69 Å². The van der Waals surface area contributed by atoms with Crippen LogP contribution in [0, 0.1) is 5.82 Å². The van der Waals surface area contributed by atoms with Gasteiger partial charge in [-0.25, -0.2) is 9.07 Å². The Labute approximate surface area is 166 Å². The molecule has 158 valence electrons. The molecule has 1 fully saturated rings. The van der Waals surface area contributed by atoms with Crippen LogP contribution in [0.3, 0.4) is 0 Å². The summed E-state index contributed by atoms with van der Waals surface area (Å²) < 4.78 is 54.0. The molecule has 0 radical (unpaired) electrons. The van der Waals surface area contributed by atoms with E-state index in [1.165, 1.54) is 16.8 Å². The Morgan fingerprint density at radius 1 is 1.03 bits per heavy atom. The molecule has 1 aromatic carbocycles. The highest BCUT2D eigenvalue weighted by molar-refractivity contribution is 5.56. The molecule has 0 bridgehead atoms. The maximum atomic E-state index is 13.2. The van der Waals surface area contributed by atoms with E-state index in [0.717, 1.165) is 11.8 Å². The molecule has 0 N–H and O–H groups in total. The second-order valence-corrected chi connectivity index (χ2v) is 8.16. The first kappa shape index (κ1) is 21.3. The van der Waals surface area contributed by atoms with Crippen LogP contribution >= 0.6 is 0 Å². The first-order chi connectivity index (χ1) is 13.5. The lowest BCUT2D eigenvalue weighted by Crippen LogP contribution is -2.50. The van der Waals surface area contributed by atoms with E-state index >= 15 is 0 Å². The number of aromatic nitrogens is 2. The molecule has 0 saturated carbocycles. The van der Waals surface area contributed by atoms with Crippen molar-refractivity contribution in [2.24, 2.45) is 0 Å². The third-order valence-electron chi connectivity index (χ3n) is 5.05. The van der Waals surface area contributed by atoms with Gasteiger partial charge in [0, 0.05) is 43.0 Å². The predicted octanol–water partition coefficient (Wildman–Crippen LogP) is 3.86. The minimum Gasteiger partial charge on any atom is -0.369 e. The number of anilines is 1. The molecule has 1 aliphatic rings. The zero-order valence-corrected chi connectivity index (χ0v) is 16.6. The van der Waals surface area contributed by atoms with Crippen molar-refractivity contribution in [3.05, 3.63) is 47.5 Å². The average Bonchev–Trinajstić information content (AvgIpc) is 3.10. The van der Waals surface area contributed by atoms with E-state index in [1.807, 2.05) is 9.80 Å². The fraction of sp³-hybridized carbons (Fsp3) is 0.500. The van der Waals surface area contributed by atoms with Gasteiger partial charge < -0.3 is 4.90 Å². The van der Waals surface area contributed by atoms with Crippen molar-refractivity contribution in [2.45, 2.75) is 38.5 Å². The highest BCUT2D eigenvalue weighted by atomic mass is 19.4. The van der Waals surface area contributed by atoms with E-state index in [1.54, 1.807) is 32.9 Å². The summed E-state index contributed by atoms with van der Waals surface area (Å²) in [4.78, 5) is 15.8. The average molecular weight is 412 g/mol. The summed E-state index contributed by atoms with van der Waals surface area (Å²) in [6.45, 7) is 7.42. The molecule has 2 aromatic rings. The number of hydrogen-bond acceptors (Lipinski definition) is 4. The van der Waals surface area contributed by atoms with Gasteiger partial charge in [0.15, 0.2) is 18.1 Å². The Hall–Kier alpha value is -2.42. The molecule has 0 amide bonds. The smallest absolute Gasteiger partial charge is 0.369 e. The number of rotatable bonds is 4. The van der Waals surface area contributed by atoms with E-state index in [2.05, 4.69) is 5.10 Å². The molecule has 1 unspecified atom stereocenters. The number of benzene rings is 1. The van der Waals surface area contributed by atoms with Gasteiger partial charge in [0.05, 0.1) is 0 Å². The molecule has 1 saturated heterocycles. The Bertz CT molecular complexity index is 847. The number of aldehydes is 1. The van der Waals surface area contributed by atoms with E-state index in [-0.39, 0.29) is 5.82 Å². The quantitative estimate of drug-likeness (QED) is 0.565. The Balaban J connectivity index is 1.82. The van der Waals surface area contributed by atoms with Crippen molar-refractivity contribution < 1.29 is 22.4 Å². The maximum absolute atomic E-state index is 13.2. The van der Waals surface area contributed by atoms with Crippen molar-refractivity contribution >= 4 is 12.0 Å². The first-order valence-electron chi connectivity index (χ1n) is 9.38. The van der Waals surface area contributed by atoms with Crippen LogP contribution in [-0.4, -0.2) is 47.1 Å². The second kappa shape index (κ2) is 7.78. The number of halogens is 4. The van der Waals surface area contributed by atoms with Crippen LogP contribution in [0.2, 0.25) is 0 Å². The maximum Gasteiger partial charge on any atom is 0.435 e. The largest absolute Gasteiger partial charge is 0.435 e. The third kappa shape index (κ3) is 4.60. The molecule has 29 heavy (non-hydrogen) atoms. The van der Waals surface area contributed by atoms with E-state index in [9.17, 15) is 22.4 Å². The Kier molecular flexibility index (Phi) is 5.71. The molecule has 1 atom stereocenters. The summed E-state index contributed by atoms with van der Waals surface area (Å²) in [5.74, 6) is -0.317. The van der Waals surface area contributed by atoms with Crippen LogP contribution in [0.5, 0.6) is 0 Å². The molecule has 1 aromatic heterocycles. The number of hydrogen-bond donors (Lipinski definition) is 0. The van der Waals surface area contributed by atoms with Gasteiger partial charge in [0.25, 0.3) is 0 Å². The topological polar surface area (TPSA) is 41.4 Å². The molecule has 0 spiro atoms. The van der Waals surface area contributed by atoms with E-state index < -0.39 is 23.5 Å². The lowest BCUT2D eigenvalue weighted by molar-refractivity contribution is -0.142. The number of carbonyl (C=O) groups is 1. The molecule has 9 heteroatoms. The van der Waals surface area contributed by atoms with Crippen molar-refractivity contribution in [1.82, 2.24) is 14.7 Å². The summed E-state index contributed by atoms with van der Waals surface area (Å²) >= 11 is 0. The van der Waals surface area contributed by atoms with Crippen LogP contribution in [0.1, 0.15) is 38.3 Å². The highest BCUT2D eigenvalue weighted by Gasteiger charge is 2.38. The Morgan fingerprint density at radius 2 is 1.62 bits per heavy atom. The molecular weight excluding hydrogens is 388 g/mol. The number of carbonyl (C=O) groups excluding carboxylic acids is 1. The number of piperazine rings is 1. The molecule has 1 aliphatic heterocycles. The summed E-state index contributed by atoms with van der Waals surface area (Å²) in [5, 5.41) is 3.74. The van der Waals surface area contributed by atoms with Gasteiger partial charge in [0.2, 0.25) is 0 Å². The van der Waals surface area contributed by atoms with E-state index in [4.69, 9.17) is 0 Å². The van der Waals surface area contributed by atoms with Crippen molar-refractivity contribution in [1.29, 1.82) is 0 Å². The van der Waals surface area contributed by atoms with Gasteiger partial charge >= 0.3 is 6.18 Å². The summed E-state index contributed by atoms with van der Waals surface area (Å²) in [6, 6.07) is 7.15. The zero-order chi connectivity index (χ0) is 21.4. The SMILES string of the molecule is CC(C)(C)c1cc(C(F)(F)F)nn1C(C=O)N1CCN(c2ccc(F)cc2)CC1. The molecule has 2 heterocycles. The normalized spacial score (nSPS) is 17.4. The summed E-state index contributed by atoms with van der Waals surface area (Å²) in [6.07, 6.45) is -4.87. The van der Waals surface area contributed by atoms with Crippen LogP contribution in [0.4, 0.5) is 23.2 Å². The molecule has 0 aliphatic carbocycles. The minimum atomic E-state index is -4.58. The van der Waals surface area contributed by atoms with Gasteiger partial charge in [-0.1, -0.05) is 20.8 Å². The molecule has 3 rings (SSSR count). The van der Waals surface area contributed by atoms with Crippen molar-refractivity contribution in [3.63, 3.8) is 0 Å². The van der Waals surface area contributed by atoms with Gasteiger partial charge in [-0.2, -0.15) is 18.3 Å². The van der Waals surface area contributed by atoms with Crippen LogP contribution in [0.15, 0.2) is 30.3 Å². The third-order valence-corrected chi connectivity index (χ3v) is 5.05. The second-order valence-electron chi connectivity index (χ2n) is 8.16. The van der Waals surface area contributed by atoms with Gasteiger partial charge in [-0.15, -0.1) is 0 Å². The zero-order valence-electron chi connectivity index (χ0n) is 16.6. The van der Waals surface area contributed by atoms with Crippen molar-refractivity contribution in [2.75, 3.05) is 31.1 Å². The minimum absolute atomic E-state index is 0.317. The standard InChI is InChI=1S/C20H24F4N4O/c1-19(2,3)17-12-16(20(22,23)24)25-28(17)18(13-29)27-10-8-26(9-11-27)15-6-4-14(21)5-7-15/h4-7,12-13,18H,8-11H2,1-3H3. The van der Waals surface area contributed by atoms with Gasteiger partial charge in [-0.05, 0) is 30.3 Å². The number of nitrogens with zero attached hydrogens (tertiary/aromatic N) is 4. The Morgan fingerprint density at radius 3 is 2.10 bits per heavy atom. The van der Waals surface area contributed by atoms with Crippen LogP contribution < -0.4 is 4.90 Å². The monoisotopic (exact) mass is 412 g/mol. The lowest BCUT2D eigenvalue weighted by atomic mass is 9.91. The lowest BCUT2D eigenvalue weighted by Gasteiger charge is -2.39. The fourth-order valence-corrected chi connectivity index (χ4v) is 3.49.